The van der Waals surface area contributed by atoms with Crippen molar-refractivity contribution in [2.45, 2.75) is 70.7 Å². The van der Waals surface area contributed by atoms with Gasteiger partial charge in [0.05, 0.1) is 10.9 Å². The molecule has 1 aliphatic heterocycles. The van der Waals surface area contributed by atoms with Crippen molar-refractivity contribution in [2.24, 2.45) is 5.92 Å². The third-order valence-corrected chi connectivity index (χ3v) is 8.56. The van der Waals surface area contributed by atoms with Crippen LogP contribution in [0, 0.1) is 11.7 Å². The molecule has 1 aromatic carbocycles. The lowest BCUT2D eigenvalue weighted by molar-refractivity contribution is -0.141. The first kappa shape index (κ1) is 28.9. The molecule has 1 fully saturated rings. The van der Waals surface area contributed by atoms with Gasteiger partial charge in [-0.15, -0.1) is 0 Å². The topological polar surface area (TPSA) is 79.4 Å². The van der Waals surface area contributed by atoms with Crippen molar-refractivity contribution in [3.05, 3.63) is 53.0 Å². The number of halogens is 4. The second-order valence-corrected chi connectivity index (χ2v) is 12.2. The predicted molar refractivity (Wildman–Crippen MR) is 136 cm³/mol. The molecule has 0 aliphatic carbocycles. The molecule has 0 spiro atoms. The molecule has 0 saturated carbocycles. The van der Waals surface area contributed by atoms with Gasteiger partial charge in [0.2, 0.25) is 10.0 Å². The van der Waals surface area contributed by atoms with Crippen molar-refractivity contribution < 1.29 is 30.8 Å². The van der Waals surface area contributed by atoms with Crippen LogP contribution in [0.5, 0.6) is 0 Å². The van der Waals surface area contributed by atoms with Gasteiger partial charge in [0, 0.05) is 25.4 Å². The minimum absolute atomic E-state index is 0.0365. The highest BCUT2D eigenvalue weighted by Gasteiger charge is 2.34. The molecule has 2 heterocycles. The highest BCUT2D eigenvalue weighted by Crippen LogP contribution is 2.33. The maximum Gasteiger partial charge on any atom is 0.433 e. The molecule has 37 heavy (non-hydrogen) atoms. The predicted octanol–water partition coefficient (Wildman–Crippen LogP) is 5.93. The quantitative estimate of drug-likeness (QED) is 0.397. The van der Waals surface area contributed by atoms with Crippen LogP contribution < -0.4 is 9.62 Å². The van der Waals surface area contributed by atoms with Gasteiger partial charge in [0.15, 0.2) is 0 Å². The van der Waals surface area contributed by atoms with E-state index in [0.29, 0.717) is 30.1 Å². The fraction of sp³-hybridized carbons (Fsp3) is 0.538. The van der Waals surface area contributed by atoms with E-state index in [2.05, 4.69) is 16.6 Å². The van der Waals surface area contributed by atoms with Crippen LogP contribution >= 0.6 is 0 Å². The summed E-state index contributed by atoms with van der Waals surface area (Å²) in [5, 5.41) is -0.745. The molecule has 1 aliphatic rings. The third kappa shape index (κ3) is 7.21. The maximum atomic E-state index is 14.6. The van der Waals surface area contributed by atoms with Crippen LogP contribution in [0.4, 0.5) is 29.1 Å². The number of hydrogen-bond donors (Lipinski definition) is 1. The van der Waals surface area contributed by atoms with Gasteiger partial charge in [-0.2, -0.15) is 13.2 Å². The van der Waals surface area contributed by atoms with Crippen molar-refractivity contribution in [3.8, 4) is 0 Å². The Morgan fingerprint density at radius 2 is 1.78 bits per heavy atom. The number of carbonyl (C=O) groups is 1. The summed E-state index contributed by atoms with van der Waals surface area (Å²) in [5.74, 6) is -0.953. The number of sulfonamides is 1. The van der Waals surface area contributed by atoms with Crippen LogP contribution in [-0.4, -0.2) is 37.5 Å². The molecule has 0 radical (unpaired) electrons. The Bertz CT molecular complexity index is 1220. The van der Waals surface area contributed by atoms with Crippen LogP contribution in [0.15, 0.2) is 30.3 Å². The smallest absolute Gasteiger partial charge is 0.356 e. The largest absolute Gasteiger partial charge is 0.433 e. The highest BCUT2D eigenvalue weighted by atomic mass is 32.2. The van der Waals surface area contributed by atoms with Crippen LogP contribution in [-0.2, 0) is 27.4 Å². The van der Waals surface area contributed by atoms with E-state index in [9.17, 15) is 30.8 Å². The lowest BCUT2D eigenvalue weighted by atomic mass is 9.92. The van der Waals surface area contributed by atoms with E-state index < -0.39 is 38.9 Å². The van der Waals surface area contributed by atoms with E-state index in [-0.39, 0.29) is 30.1 Å². The van der Waals surface area contributed by atoms with Crippen LogP contribution in [0.25, 0.3) is 0 Å². The van der Waals surface area contributed by atoms with E-state index in [1.54, 1.807) is 6.92 Å². The number of anilines is 2. The first-order chi connectivity index (χ1) is 17.2. The van der Waals surface area contributed by atoms with Crippen molar-refractivity contribution in [3.63, 3.8) is 0 Å². The van der Waals surface area contributed by atoms with Gasteiger partial charge in [0.25, 0.3) is 0 Å². The molecule has 6 nitrogen and oxygen atoms in total. The number of nitrogens with zero attached hydrogens (tertiary/aromatic N) is 2. The molecule has 1 saturated heterocycles. The Labute approximate surface area is 215 Å². The number of aromatic nitrogens is 1. The number of piperidine rings is 1. The Balaban J connectivity index is 1.75. The summed E-state index contributed by atoms with van der Waals surface area (Å²) in [6, 6.07) is 6.22. The number of rotatable bonds is 9. The van der Waals surface area contributed by atoms with Gasteiger partial charge in [-0.1, -0.05) is 26.0 Å². The number of benzene rings is 1. The lowest BCUT2D eigenvalue weighted by Crippen LogP contribution is -2.34. The van der Waals surface area contributed by atoms with Crippen molar-refractivity contribution in [1.29, 1.82) is 0 Å². The standard InChI is InChI=1S/C26H33F4N3O3S/c1-16(2)37(35,36)32-22-8-5-20(15-21(22)27)18(4)23(34)9-6-19-7-10-24(26(28,29)30)31-25(19)33-13-11-17(3)12-14-33/h5,7-8,10,15-18,32H,6,9,11-14H2,1-4H3. The summed E-state index contributed by atoms with van der Waals surface area (Å²) in [4.78, 5) is 18.7. The van der Waals surface area contributed by atoms with Gasteiger partial charge in [-0.25, -0.2) is 17.8 Å². The summed E-state index contributed by atoms with van der Waals surface area (Å²) < 4.78 is 80.8. The third-order valence-electron chi connectivity index (χ3n) is 6.82. The molecule has 2 aromatic rings. The van der Waals surface area contributed by atoms with Gasteiger partial charge in [0.1, 0.15) is 23.1 Å². The molecule has 11 heteroatoms. The second kappa shape index (κ2) is 11.4. The van der Waals surface area contributed by atoms with E-state index >= 15 is 0 Å². The van der Waals surface area contributed by atoms with Gasteiger partial charge < -0.3 is 4.90 Å². The number of Topliss-reactive ketones (excluding diaryl/α,β-unsaturated/α-hetero) is 1. The van der Waals surface area contributed by atoms with Crippen molar-refractivity contribution >= 4 is 27.3 Å². The molecule has 204 valence electrons. The molecule has 1 aromatic heterocycles. The molecule has 1 atom stereocenters. The zero-order chi connectivity index (χ0) is 27.5. The lowest BCUT2D eigenvalue weighted by Gasteiger charge is -2.33. The zero-order valence-corrected chi connectivity index (χ0v) is 22.2. The number of nitrogens with one attached hydrogen (secondary N) is 1. The van der Waals surface area contributed by atoms with Crippen molar-refractivity contribution in [1.82, 2.24) is 4.98 Å². The number of alkyl halides is 3. The summed E-state index contributed by atoms with van der Waals surface area (Å²) in [6.07, 6.45) is -2.63. The van der Waals surface area contributed by atoms with E-state index in [1.807, 2.05) is 4.90 Å². The van der Waals surface area contributed by atoms with Crippen LogP contribution in [0.2, 0.25) is 0 Å². The van der Waals surface area contributed by atoms with Gasteiger partial charge in [-0.05, 0) is 68.4 Å². The maximum absolute atomic E-state index is 14.6. The molecular weight excluding hydrogens is 510 g/mol. The number of pyridine rings is 1. The summed E-state index contributed by atoms with van der Waals surface area (Å²) in [6.45, 7) is 7.86. The summed E-state index contributed by atoms with van der Waals surface area (Å²) in [5.41, 5.74) is -0.222. The van der Waals surface area contributed by atoms with E-state index in [0.717, 1.165) is 25.0 Å². The fourth-order valence-electron chi connectivity index (χ4n) is 4.14. The molecule has 0 bridgehead atoms. The Morgan fingerprint density at radius 3 is 2.35 bits per heavy atom. The number of aryl methyl sites for hydroxylation is 1. The normalized spacial score (nSPS) is 16.2. The minimum Gasteiger partial charge on any atom is -0.356 e. The first-order valence-electron chi connectivity index (χ1n) is 12.3. The second-order valence-electron chi connectivity index (χ2n) is 9.97. The van der Waals surface area contributed by atoms with Gasteiger partial charge >= 0.3 is 6.18 Å². The molecular formula is C26H33F4N3O3S. The Hall–Kier alpha value is -2.69. The first-order valence-corrected chi connectivity index (χ1v) is 13.9. The minimum atomic E-state index is -4.57. The van der Waals surface area contributed by atoms with Crippen molar-refractivity contribution in [2.75, 3.05) is 22.7 Å². The molecule has 1 N–H and O–H groups in total. The monoisotopic (exact) mass is 543 g/mol. The molecule has 0 amide bonds. The summed E-state index contributed by atoms with van der Waals surface area (Å²) >= 11 is 0. The SMILES string of the molecule is CC1CCN(c2nc(C(F)(F)F)ccc2CCC(=O)C(C)c2ccc(NS(=O)(=O)C(C)C)c(F)c2)CC1. The average molecular weight is 544 g/mol. The van der Waals surface area contributed by atoms with Crippen LogP contribution in [0.3, 0.4) is 0 Å². The number of carbonyl (C=O) groups excluding carboxylic acids is 1. The van der Waals surface area contributed by atoms with Crippen LogP contribution in [0.1, 0.15) is 69.7 Å². The summed E-state index contributed by atoms with van der Waals surface area (Å²) in [7, 11) is -3.73. The Morgan fingerprint density at radius 1 is 1.14 bits per heavy atom. The van der Waals surface area contributed by atoms with E-state index in [4.69, 9.17) is 0 Å². The zero-order valence-electron chi connectivity index (χ0n) is 21.4. The molecule has 1 unspecified atom stereocenters. The number of hydrogen-bond acceptors (Lipinski definition) is 5. The molecule has 3 rings (SSSR count). The number of ketones is 1. The fourth-order valence-corrected chi connectivity index (χ4v) is 4.85. The van der Waals surface area contributed by atoms with Gasteiger partial charge in [-0.3, -0.25) is 9.52 Å². The Kier molecular flexibility index (Phi) is 8.87. The highest BCUT2D eigenvalue weighted by molar-refractivity contribution is 7.93. The van der Waals surface area contributed by atoms with E-state index in [1.165, 1.54) is 32.0 Å². The average Bonchev–Trinajstić information content (AvgIpc) is 2.83.